The van der Waals surface area contributed by atoms with E-state index in [0.717, 1.165) is 12.4 Å². The van der Waals surface area contributed by atoms with Crippen LogP contribution in [-0.2, 0) is 25.7 Å². The van der Waals surface area contributed by atoms with E-state index in [-0.39, 0.29) is 0 Å². The van der Waals surface area contributed by atoms with Gasteiger partial charge in [0.15, 0.2) is 15.0 Å². The van der Waals surface area contributed by atoms with Gasteiger partial charge in [-0.1, -0.05) is 18.2 Å². The first-order valence-electron chi connectivity index (χ1n) is 13.5. The third-order valence-electron chi connectivity index (χ3n) is 6.88. The number of benzene rings is 2. The van der Waals surface area contributed by atoms with Gasteiger partial charge in [-0.25, -0.2) is 8.42 Å². The van der Waals surface area contributed by atoms with Crippen LogP contribution in [0.3, 0.4) is 0 Å². The number of rotatable bonds is 13. The van der Waals surface area contributed by atoms with Gasteiger partial charge in [0.2, 0.25) is 0 Å². The summed E-state index contributed by atoms with van der Waals surface area (Å²) in [4.78, 5) is 1.53. The molecule has 50 heavy (non-hydrogen) atoms. The number of alkyl halides is 17. The Morgan fingerprint density at radius 2 is 1.08 bits per heavy atom. The minimum Gasteiger partial charge on any atom is -0.743 e. The van der Waals surface area contributed by atoms with E-state index in [1.54, 1.807) is 0 Å². The topological polar surface area (TPSA) is 75.7 Å². The molecule has 288 valence electrons. The lowest BCUT2D eigenvalue weighted by molar-refractivity contribution is -0.458. The van der Waals surface area contributed by atoms with Gasteiger partial charge in [0.25, 0.3) is 0 Å². The summed E-state index contributed by atoms with van der Waals surface area (Å²) in [6.07, 6.45) is -5.13. The van der Waals surface area contributed by atoms with Crippen LogP contribution >= 0.6 is 0 Å². The number of hydrogen-bond acceptors (Lipinski definition) is 5. The van der Waals surface area contributed by atoms with Crippen LogP contribution in [0.4, 0.5) is 74.6 Å². The highest BCUT2D eigenvalue weighted by atomic mass is 32.2. The maximum atomic E-state index is 13.0. The number of halogens is 17. The fourth-order valence-electron chi connectivity index (χ4n) is 4.16. The smallest absolute Gasteiger partial charge is 0.460 e. The first-order chi connectivity index (χ1) is 22.4. The second kappa shape index (κ2) is 14.5. The van der Waals surface area contributed by atoms with Crippen molar-refractivity contribution in [3.05, 3.63) is 36.4 Å². The van der Waals surface area contributed by atoms with Crippen LogP contribution in [0.1, 0.15) is 19.8 Å². The van der Waals surface area contributed by atoms with E-state index < -0.39 is 57.1 Å². The molecule has 0 radical (unpaired) electrons. The van der Waals surface area contributed by atoms with Gasteiger partial charge in [-0.3, -0.25) is 0 Å². The minimum atomic E-state index is -8.92. The van der Waals surface area contributed by atoms with Crippen molar-refractivity contribution in [3.8, 4) is 5.75 Å². The van der Waals surface area contributed by atoms with Crippen LogP contribution in [0, 0.1) is 0 Å². The van der Waals surface area contributed by atoms with E-state index in [4.69, 9.17) is 9.47 Å². The number of fused-ring (bicyclic) bond motifs is 1. The quantitative estimate of drug-likeness (QED) is 0.0880. The van der Waals surface area contributed by atoms with E-state index in [9.17, 15) is 87.6 Å². The summed E-state index contributed by atoms with van der Waals surface area (Å²) in [5, 5.41) is -5.34. The molecule has 1 fully saturated rings. The molecule has 3 rings (SSSR count). The zero-order valence-electron chi connectivity index (χ0n) is 24.7. The summed E-state index contributed by atoms with van der Waals surface area (Å²) in [5.74, 6) is -48.4. The molecular formula is C26H23F17O5S2. The van der Waals surface area contributed by atoms with Crippen molar-refractivity contribution in [2.75, 3.05) is 31.3 Å². The predicted octanol–water partition coefficient (Wildman–Crippen LogP) is 8.52. The van der Waals surface area contributed by atoms with Gasteiger partial charge >= 0.3 is 47.0 Å². The molecule has 2 aromatic rings. The van der Waals surface area contributed by atoms with E-state index >= 15 is 0 Å². The predicted molar refractivity (Wildman–Crippen MR) is 141 cm³/mol. The standard InChI is InChI=1S/C18H23O2S.C8HF17O3S/c1-2-19-11-12-20-17-9-10-18(21-13-5-6-14-21)16-8-4-3-7-15(16)17;9-1(10,3(13,14)5(17,18)7(21,22)23)2(11,12)4(15,16)6(19,20)8(24,25)29(26,27)28/h3-4,7-10H,2,5-6,11-14H2,1H3;(H,26,27,28)/q+1;/p-1. The Hall–Kier alpha value is -2.47. The van der Waals surface area contributed by atoms with Crippen molar-refractivity contribution >= 4 is 31.8 Å². The molecule has 1 saturated heterocycles. The summed E-state index contributed by atoms with van der Waals surface area (Å²) >= 11 is 0. The first kappa shape index (κ1) is 43.7. The first-order valence-corrected chi connectivity index (χ1v) is 16.4. The van der Waals surface area contributed by atoms with Crippen molar-refractivity contribution in [1.82, 2.24) is 0 Å². The Morgan fingerprint density at radius 3 is 1.52 bits per heavy atom. The molecule has 1 heterocycles. The molecule has 0 aliphatic carbocycles. The molecule has 0 N–H and O–H groups in total. The highest BCUT2D eigenvalue weighted by molar-refractivity contribution is 7.97. The summed E-state index contributed by atoms with van der Waals surface area (Å²) < 4.78 is 255. The molecular weight excluding hydrogens is 779 g/mol. The number of ether oxygens (including phenoxy) is 2. The molecule has 5 nitrogen and oxygen atoms in total. The Morgan fingerprint density at radius 1 is 0.640 bits per heavy atom. The third kappa shape index (κ3) is 7.39. The monoisotopic (exact) mass is 802 g/mol. The Kier molecular flexibility index (Phi) is 12.7. The van der Waals surface area contributed by atoms with Gasteiger partial charge in [0.05, 0.1) is 6.61 Å². The van der Waals surface area contributed by atoms with Crippen molar-refractivity contribution in [2.24, 2.45) is 0 Å². The average molecular weight is 803 g/mol. The van der Waals surface area contributed by atoms with Crippen molar-refractivity contribution in [3.63, 3.8) is 0 Å². The molecule has 1 aliphatic heterocycles. The molecule has 0 spiro atoms. The zero-order valence-corrected chi connectivity index (χ0v) is 26.3. The van der Waals surface area contributed by atoms with Gasteiger partial charge < -0.3 is 14.0 Å². The molecule has 1 aliphatic rings. The van der Waals surface area contributed by atoms with Crippen molar-refractivity contribution in [1.29, 1.82) is 0 Å². The van der Waals surface area contributed by atoms with Gasteiger partial charge in [-0.15, -0.1) is 0 Å². The van der Waals surface area contributed by atoms with E-state index in [0.29, 0.717) is 24.1 Å². The normalized spacial score (nSPS) is 16.4. The lowest BCUT2D eigenvalue weighted by atomic mass is 9.91. The van der Waals surface area contributed by atoms with Gasteiger partial charge in [-0.05, 0) is 38.0 Å². The van der Waals surface area contributed by atoms with Gasteiger partial charge in [-0.2, -0.15) is 74.6 Å². The Bertz CT molecular complexity index is 1570. The fourth-order valence-corrected chi connectivity index (χ4v) is 7.10. The molecule has 0 bridgehead atoms. The maximum absolute atomic E-state index is 13.0. The van der Waals surface area contributed by atoms with Crippen LogP contribution in [0.15, 0.2) is 41.3 Å². The Labute approximate surface area is 274 Å². The van der Waals surface area contributed by atoms with Gasteiger partial charge in [0.1, 0.15) is 23.9 Å². The zero-order chi connectivity index (χ0) is 39.0. The lowest BCUT2D eigenvalue weighted by Crippen LogP contribution is -2.75. The summed E-state index contributed by atoms with van der Waals surface area (Å²) in [7, 11) is -7.71. The van der Waals surface area contributed by atoms with Crippen LogP contribution < -0.4 is 4.74 Å². The van der Waals surface area contributed by atoms with E-state index in [2.05, 4.69) is 36.4 Å². The van der Waals surface area contributed by atoms with Gasteiger partial charge in [0, 0.05) is 28.3 Å². The van der Waals surface area contributed by atoms with Crippen molar-refractivity contribution in [2.45, 2.75) is 71.6 Å². The number of hydrogen-bond donors (Lipinski definition) is 0. The summed E-state index contributed by atoms with van der Waals surface area (Å²) in [5.41, 5.74) is 0. The summed E-state index contributed by atoms with van der Waals surface area (Å²) in [6.45, 7) is 4.01. The maximum Gasteiger partial charge on any atom is 0.460 e. The highest BCUT2D eigenvalue weighted by Crippen LogP contribution is 2.64. The molecule has 0 atom stereocenters. The molecule has 24 heteroatoms. The summed E-state index contributed by atoms with van der Waals surface area (Å²) in [6, 6.07) is 13.1. The second-order valence-corrected chi connectivity index (χ2v) is 13.8. The fraction of sp³-hybridized carbons (Fsp3) is 0.615. The van der Waals surface area contributed by atoms with E-state index in [1.807, 2.05) is 6.92 Å². The molecule has 0 unspecified atom stereocenters. The highest BCUT2D eigenvalue weighted by Gasteiger charge is 2.95. The molecule has 0 saturated carbocycles. The Balaban J connectivity index is 0.000000361. The van der Waals surface area contributed by atoms with Crippen molar-refractivity contribution < 1.29 is 97.1 Å². The second-order valence-electron chi connectivity index (χ2n) is 10.2. The van der Waals surface area contributed by atoms with Crippen LogP contribution in [0.2, 0.25) is 0 Å². The molecule has 0 aromatic heterocycles. The van der Waals surface area contributed by atoms with Crippen LogP contribution in [-0.4, -0.2) is 91.3 Å². The van der Waals surface area contributed by atoms with Crippen LogP contribution in [0.5, 0.6) is 5.75 Å². The lowest BCUT2D eigenvalue weighted by Gasteiger charge is -2.42. The SMILES string of the molecule is CCOCCOc1ccc([S+]2CCCC2)c2ccccc12.O=S(=O)([O-])C(F)(F)C(F)(F)C(F)(F)C(F)(F)C(F)(F)C(F)(F)C(F)(F)C(F)(F)F. The third-order valence-corrected chi connectivity index (χ3v) is 10.3. The van der Waals surface area contributed by atoms with E-state index in [1.165, 1.54) is 40.0 Å². The molecule has 0 amide bonds. The largest absolute Gasteiger partial charge is 0.743 e. The van der Waals surface area contributed by atoms with Crippen LogP contribution in [0.25, 0.3) is 10.8 Å². The minimum absolute atomic E-state index is 0.437. The molecule has 2 aromatic carbocycles. The average Bonchev–Trinajstić information content (AvgIpc) is 3.53.